The minimum absolute atomic E-state index is 0.135. The third kappa shape index (κ3) is 5.98. The van der Waals surface area contributed by atoms with Crippen LogP contribution >= 0.6 is 0 Å². The molecular formula is C20H28N2O5. The monoisotopic (exact) mass is 376 g/mol. The molecule has 0 spiro atoms. The summed E-state index contributed by atoms with van der Waals surface area (Å²) in [5, 5.41) is 2.84. The average Bonchev–Trinajstić information content (AvgIpc) is 2.65. The van der Waals surface area contributed by atoms with E-state index in [2.05, 4.69) is 5.32 Å². The number of likely N-dealkylation sites (N-methyl/N-ethyl adjacent to an activating group) is 1. The first-order valence-corrected chi connectivity index (χ1v) is 9.28. The van der Waals surface area contributed by atoms with Gasteiger partial charge in [-0.05, 0) is 25.3 Å². The van der Waals surface area contributed by atoms with Gasteiger partial charge in [0, 0.05) is 26.8 Å². The molecule has 0 unspecified atom stereocenters. The molecule has 0 radical (unpaired) electrons. The van der Waals surface area contributed by atoms with Crippen molar-refractivity contribution in [3.05, 3.63) is 35.9 Å². The van der Waals surface area contributed by atoms with Crippen LogP contribution in [0.3, 0.4) is 0 Å². The Kier molecular flexibility index (Phi) is 7.21. The molecular weight excluding hydrogens is 348 g/mol. The summed E-state index contributed by atoms with van der Waals surface area (Å²) in [5.74, 6) is -0.808. The number of amides is 2. The fourth-order valence-electron chi connectivity index (χ4n) is 3.13. The SMILES string of the molecule is CC(=O)OC1(NC(=O)[C@H](C)N(C)C(=O)OCc2ccccc2)CCCCC1. The van der Waals surface area contributed by atoms with Crippen molar-refractivity contribution in [3.8, 4) is 0 Å². The van der Waals surface area contributed by atoms with Gasteiger partial charge in [0.2, 0.25) is 5.91 Å². The number of nitrogens with zero attached hydrogens (tertiary/aromatic N) is 1. The Morgan fingerprint density at radius 2 is 1.78 bits per heavy atom. The van der Waals surface area contributed by atoms with E-state index in [1.54, 1.807) is 6.92 Å². The smallest absolute Gasteiger partial charge is 0.410 e. The van der Waals surface area contributed by atoms with E-state index in [0.29, 0.717) is 12.8 Å². The first kappa shape index (κ1) is 20.7. The molecule has 1 aromatic carbocycles. The van der Waals surface area contributed by atoms with Gasteiger partial charge in [0.25, 0.3) is 0 Å². The summed E-state index contributed by atoms with van der Waals surface area (Å²) in [5.41, 5.74) is -0.114. The first-order valence-electron chi connectivity index (χ1n) is 9.28. The minimum atomic E-state index is -0.982. The second-order valence-electron chi connectivity index (χ2n) is 6.96. The highest BCUT2D eigenvalue weighted by atomic mass is 16.6. The van der Waals surface area contributed by atoms with Crippen LogP contribution in [0.15, 0.2) is 30.3 Å². The lowest BCUT2D eigenvalue weighted by molar-refractivity contribution is -0.168. The molecule has 1 atom stereocenters. The van der Waals surface area contributed by atoms with E-state index in [1.807, 2.05) is 30.3 Å². The zero-order valence-electron chi connectivity index (χ0n) is 16.2. The largest absolute Gasteiger partial charge is 0.445 e. The zero-order valence-corrected chi connectivity index (χ0v) is 16.2. The number of benzene rings is 1. The molecule has 2 amide bonds. The predicted octanol–water partition coefficient (Wildman–Crippen LogP) is 2.98. The highest BCUT2D eigenvalue weighted by Gasteiger charge is 2.38. The second-order valence-corrected chi connectivity index (χ2v) is 6.96. The second kappa shape index (κ2) is 9.39. The van der Waals surface area contributed by atoms with E-state index in [4.69, 9.17) is 9.47 Å². The number of nitrogens with one attached hydrogen (secondary N) is 1. The van der Waals surface area contributed by atoms with E-state index in [1.165, 1.54) is 18.9 Å². The maximum atomic E-state index is 12.7. The summed E-state index contributed by atoms with van der Waals surface area (Å²) in [7, 11) is 1.51. The summed E-state index contributed by atoms with van der Waals surface area (Å²) in [6.07, 6.45) is 3.35. The highest BCUT2D eigenvalue weighted by molar-refractivity contribution is 5.85. The lowest BCUT2D eigenvalue weighted by Gasteiger charge is -2.38. The van der Waals surface area contributed by atoms with Crippen LogP contribution in [0, 0.1) is 0 Å². The van der Waals surface area contributed by atoms with Crippen molar-refractivity contribution in [2.24, 2.45) is 0 Å². The van der Waals surface area contributed by atoms with E-state index < -0.39 is 23.8 Å². The van der Waals surface area contributed by atoms with Crippen molar-refractivity contribution in [1.29, 1.82) is 0 Å². The fraction of sp³-hybridized carbons (Fsp3) is 0.550. The Morgan fingerprint density at radius 1 is 1.15 bits per heavy atom. The van der Waals surface area contributed by atoms with Gasteiger partial charge in [-0.15, -0.1) is 0 Å². The Bertz CT molecular complexity index is 656. The molecule has 0 aliphatic heterocycles. The molecule has 1 N–H and O–H groups in total. The number of rotatable bonds is 6. The molecule has 7 nitrogen and oxygen atoms in total. The number of esters is 1. The molecule has 0 bridgehead atoms. The molecule has 1 aliphatic carbocycles. The number of ether oxygens (including phenoxy) is 2. The summed E-state index contributed by atoms with van der Waals surface area (Å²) < 4.78 is 10.7. The minimum Gasteiger partial charge on any atom is -0.445 e. The standard InChI is InChI=1S/C20H28N2O5/c1-15(22(3)19(25)26-14-17-10-6-4-7-11-17)18(24)21-20(27-16(2)23)12-8-5-9-13-20/h4,6-7,10-11,15H,5,8-9,12-14H2,1-3H3,(H,21,24)/t15-/m0/s1. The molecule has 0 heterocycles. The Balaban J connectivity index is 1.93. The molecule has 1 aliphatic rings. The molecule has 27 heavy (non-hydrogen) atoms. The molecule has 7 heteroatoms. The lowest BCUT2D eigenvalue weighted by atomic mass is 9.91. The normalized spacial score (nSPS) is 16.7. The summed E-state index contributed by atoms with van der Waals surface area (Å²) in [6.45, 7) is 3.08. The van der Waals surface area contributed by atoms with Gasteiger partial charge in [-0.3, -0.25) is 14.5 Å². The van der Waals surface area contributed by atoms with Crippen molar-refractivity contribution in [3.63, 3.8) is 0 Å². The van der Waals surface area contributed by atoms with Gasteiger partial charge in [-0.2, -0.15) is 0 Å². The summed E-state index contributed by atoms with van der Waals surface area (Å²) in [6, 6.07) is 8.56. The van der Waals surface area contributed by atoms with Crippen molar-refractivity contribution in [2.45, 2.75) is 64.3 Å². The lowest BCUT2D eigenvalue weighted by Crippen LogP contribution is -2.57. The van der Waals surface area contributed by atoms with Crippen LogP contribution in [0.4, 0.5) is 4.79 Å². The Morgan fingerprint density at radius 3 is 2.37 bits per heavy atom. The molecule has 148 valence electrons. The summed E-state index contributed by atoms with van der Waals surface area (Å²) >= 11 is 0. The molecule has 1 fully saturated rings. The Labute approximate surface area is 160 Å². The van der Waals surface area contributed by atoms with Crippen molar-refractivity contribution >= 4 is 18.0 Å². The maximum Gasteiger partial charge on any atom is 0.410 e. The molecule has 1 saturated carbocycles. The van der Waals surface area contributed by atoms with Crippen LogP contribution in [0.1, 0.15) is 51.5 Å². The number of hydrogen-bond acceptors (Lipinski definition) is 5. The number of carbonyl (C=O) groups excluding carboxylic acids is 3. The van der Waals surface area contributed by atoms with Crippen molar-refractivity contribution < 1.29 is 23.9 Å². The third-order valence-corrected chi connectivity index (χ3v) is 4.80. The van der Waals surface area contributed by atoms with Crippen LogP contribution in [0.2, 0.25) is 0 Å². The number of hydrogen-bond donors (Lipinski definition) is 1. The van der Waals surface area contributed by atoms with Crippen LogP contribution in [-0.2, 0) is 25.7 Å². The predicted molar refractivity (Wildman–Crippen MR) is 99.6 cm³/mol. The molecule has 0 aromatic heterocycles. The van der Waals surface area contributed by atoms with Gasteiger partial charge in [-0.1, -0.05) is 36.8 Å². The van der Waals surface area contributed by atoms with Gasteiger partial charge in [0.15, 0.2) is 5.72 Å². The third-order valence-electron chi connectivity index (χ3n) is 4.80. The van der Waals surface area contributed by atoms with E-state index in [-0.39, 0.29) is 12.5 Å². The van der Waals surface area contributed by atoms with E-state index in [9.17, 15) is 14.4 Å². The van der Waals surface area contributed by atoms with E-state index >= 15 is 0 Å². The topological polar surface area (TPSA) is 84.9 Å². The fourth-order valence-corrected chi connectivity index (χ4v) is 3.13. The highest BCUT2D eigenvalue weighted by Crippen LogP contribution is 2.29. The van der Waals surface area contributed by atoms with Gasteiger partial charge < -0.3 is 14.8 Å². The van der Waals surface area contributed by atoms with Gasteiger partial charge in [-0.25, -0.2) is 4.79 Å². The van der Waals surface area contributed by atoms with Crippen LogP contribution in [0.25, 0.3) is 0 Å². The Hall–Kier alpha value is -2.57. The molecule has 2 rings (SSSR count). The van der Waals surface area contributed by atoms with E-state index in [0.717, 1.165) is 24.8 Å². The zero-order chi connectivity index (χ0) is 19.9. The molecule has 0 saturated heterocycles. The van der Waals surface area contributed by atoms with Crippen LogP contribution in [0.5, 0.6) is 0 Å². The van der Waals surface area contributed by atoms with Crippen molar-refractivity contribution in [1.82, 2.24) is 10.2 Å². The van der Waals surface area contributed by atoms with Gasteiger partial charge in [0.1, 0.15) is 12.6 Å². The van der Waals surface area contributed by atoms with Crippen molar-refractivity contribution in [2.75, 3.05) is 7.05 Å². The summed E-state index contributed by atoms with van der Waals surface area (Å²) in [4.78, 5) is 37.6. The molecule has 1 aromatic rings. The van der Waals surface area contributed by atoms with Gasteiger partial charge >= 0.3 is 12.1 Å². The quantitative estimate of drug-likeness (QED) is 0.609. The number of carbonyl (C=O) groups is 3. The van der Waals surface area contributed by atoms with Gasteiger partial charge in [0.05, 0.1) is 0 Å². The first-order chi connectivity index (χ1) is 12.8. The average molecular weight is 376 g/mol. The maximum absolute atomic E-state index is 12.7. The van der Waals surface area contributed by atoms with Crippen LogP contribution < -0.4 is 5.32 Å². The van der Waals surface area contributed by atoms with Crippen LogP contribution in [-0.4, -0.2) is 41.7 Å².